The second-order valence-electron chi connectivity index (χ2n) is 2.51. The maximum Gasteiger partial charge on any atom is 0.436 e. The van der Waals surface area contributed by atoms with E-state index in [0.29, 0.717) is 6.07 Å². The van der Waals surface area contributed by atoms with Gasteiger partial charge in [0.2, 0.25) is 0 Å². The van der Waals surface area contributed by atoms with Crippen molar-refractivity contribution >= 4 is 0 Å². The summed E-state index contributed by atoms with van der Waals surface area (Å²) >= 11 is 0. The third kappa shape index (κ3) is 2.19. The minimum atomic E-state index is -4.80. The van der Waals surface area contributed by atoms with Gasteiger partial charge in [-0.15, -0.1) is 0 Å². The molecule has 0 aliphatic heterocycles. The van der Waals surface area contributed by atoms with E-state index >= 15 is 0 Å². The van der Waals surface area contributed by atoms with Crippen LogP contribution in [-0.4, -0.2) is 4.98 Å². The summed E-state index contributed by atoms with van der Waals surface area (Å²) in [6, 6.07) is 2.35. The molecule has 14 heavy (non-hydrogen) atoms. The number of aromatic nitrogens is 1. The zero-order valence-corrected chi connectivity index (χ0v) is 6.77. The average Bonchev–Trinajstić information content (AvgIpc) is 2.02. The van der Waals surface area contributed by atoms with E-state index in [9.17, 15) is 17.6 Å². The van der Waals surface area contributed by atoms with E-state index in [1.165, 1.54) is 0 Å². The maximum absolute atomic E-state index is 12.8. The van der Waals surface area contributed by atoms with Crippen molar-refractivity contribution < 1.29 is 17.6 Å². The van der Waals surface area contributed by atoms with Gasteiger partial charge in [-0.3, -0.25) is 0 Å². The molecule has 0 aliphatic rings. The molecule has 0 spiro atoms. The van der Waals surface area contributed by atoms with Gasteiger partial charge in [0.15, 0.2) is 11.5 Å². The number of alkyl halides is 3. The molecular weight excluding hydrogens is 200 g/mol. The number of hydrogen-bond acceptors (Lipinski definition) is 2. The van der Waals surface area contributed by atoms with Crippen LogP contribution in [0.25, 0.3) is 0 Å². The highest BCUT2D eigenvalue weighted by molar-refractivity contribution is 5.20. The molecule has 1 aromatic heterocycles. The Morgan fingerprint density at radius 2 is 2.07 bits per heavy atom. The Morgan fingerprint density at radius 1 is 1.43 bits per heavy atom. The number of nitrogens with zero attached hydrogens (tertiary/aromatic N) is 2. The number of rotatable bonds is 1. The fourth-order valence-corrected chi connectivity index (χ4v) is 0.874. The van der Waals surface area contributed by atoms with Crippen LogP contribution in [0.1, 0.15) is 11.3 Å². The summed E-state index contributed by atoms with van der Waals surface area (Å²) in [6.07, 6.45) is -4.12. The number of nitriles is 1. The van der Waals surface area contributed by atoms with E-state index in [-0.39, 0.29) is 12.0 Å². The first-order valence-corrected chi connectivity index (χ1v) is 3.53. The highest BCUT2D eigenvalue weighted by Gasteiger charge is 2.35. The zero-order chi connectivity index (χ0) is 10.8. The van der Waals surface area contributed by atoms with Crippen LogP contribution in [-0.2, 0) is 12.6 Å². The van der Waals surface area contributed by atoms with E-state index in [4.69, 9.17) is 5.26 Å². The van der Waals surface area contributed by atoms with Crippen LogP contribution in [0.2, 0.25) is 0 Å². The van der Waals surface area contributed by atoms with Gasteiger partial charge >= 0.3 is 6.18 Å². The van der Waals surface area contributed by atoms with Gasteiger partial charge in [0.25, 0.3) is 0 Å². The molecule has 6 heteroatoms. The first kappa shape index (κ1) is 10.4. The molecule has 1 heterocycles. The minimum absolute atomic E-state index is 0.123. The normalized spacial score (nSPS) is 11.1. The second-order valence-corrected chi connectivity index (χ2v) is 2.51. The lowest BCUT2D eigenvalue weighted by molar-refractivity contribution is -0.143. The predicted molar refractivity (Wildman–Crippen MR) is 38.5 cm³/mol. The van der Waals surface area contributed by atoms with Crippen molar-refractivity contribution in [2.45, 2.75) is 12.6 Å². The number of hydrogen-bond donors (Lipinski definition) is 0. The molecule has 0 atom stereocenters. The lowest BCUT2D eigenvalue weighted by Gasteiger charge is -2.06. The lowest BCUT2D eigenvalue weighted by atomic mass is 10.2. The van der Waals surface area contributed by atoms with Crippen molar-refractivity contribution in [3.05, 3.63) is 29.3 Å². The highest BCUT2D eigenvalue weighted by atomic mass is 19.4. The number of pyridine rings is 1. The van der Waals surface area contributed by atoms with Crippen molar-refractivity contribution in [1.29, 1.82) is 5.26 Å². The summed E-state index contributed by atoms with van der Waals surface area (Å²) in [5.41, 5.74) is -1.43. The monoisotopic (exact) mass is 204 g/mol. The Bertz CT molecular complexity index is 378. The Labute approximate surface area is 76.8 Å². The van der Waals surface area contributed by atoms with E-state index in [1.54, 1.807) is 6.07 Å². The Hall–Kier alpha value is -1.64. The van der Waals surface area contributed by atoms with Crippen molar-refractivity contribution in [2.24, 2.45) is 0 Å². The van der Waals surface area contributed by atoms with Gasteiger partial charge in [0, 0.05) is 6.20 Å². The van der Waals surface area contributed by atoms with E-state index in [0.717, 1.165) is 6.20 Å². The quantitative estimate of drug-likeness (QED) is 0.658. The van der Waals surface area contributed by atoms with E-state index in [1.807, 2.05) is 0 Å². The molecule has 0 fully saturated rings. The van der Waals surface area contributed by atoms with Crippen molar-refractivity contribution in [2.75, 3.05) is 0 Å². The molecule has 0 bridgehead atoms. The van der Waals surface area contributed by atoms with Gasteiger partial charge in [0.05, 0.1) is 12.5 Å². The van der Waals surface area contributed by atoms with Crippen LogP contribution in [0.15, 0.2) is 12.3 Å². The molecule has 0 aromatic carbocycles. The molecule has 0 amide bonds. The lowest BCUT2D eigenvalue weighted by Crippen LogP contribution is -2.11. The molecule has 0 saturated heterocycles. The van der Waals surface area contributed by atoms with Gasteiger partial charge < -0.3 is 0 Å². The fraction of sp³-hybridized carbons (Fsp3) is 0.250. The molecule has 0 saturated carbocycles. The van der Waals surface area contributed by atoms with Crippen molar-refractivity contribution in [1.82, 2.24) is 4.98 Å². The van der Waals surface area contributed by atoms with Crippen LogP contribution in [0.5, 0.6) is 0 Å². The zero-order valence-electron chi connectivity index (χ0n) is 6.77. The van der Waals surface area contributed by atoms with Crippen molar-refractivity contribution in [3.8, 4) is 6.07 Å². The molecule has 1 aromatic rings. The predicted octanol–water partition coefficient (Wildman–Crippen LogP) is 2.31. The summed E-state index contributed by atoms with van der Waals surface area (Å²) in [4.78, 5) is 2.92. The Balaban J connectivity index is 3.09. The molecule has 0 N–H and O–H groups in total. The fourth-order valence-electron chi connectivity index (χ4n) is 0.874. The van der Waals surface area contributed by atoms with Gasteiger partial charge in [-0.2, -0.15) is 18.4 Å². The third-order valence-electron chi connectivity index (χ3n) is 1.45. The van der Waals surface area contributed by atoms with E-state index < -0.39 is 17.7 Å². The first-order chi connectivity index (χ1) is 6.45. The summed E-state index contributed by atoms with van der Waals surface area (Å²) < 4.78 is 48.8. The topological polar surface area (TPSA) is 36.7 Å². The smallest absolute Gasteiger partial charge is 0.249 e. The molecule has 74 valence electrons. The molecular formula is C8H4F4N2. The second kappa shape index (κ2) is 3.62. The first-order valence-electron chi connectivity index (χ1n) is 3.53. The van der Waals surface area contributed by atoms with Gasteiger partial charge in [0.1, 0.15) is 0 Å². The maximum atomic E-state index is 12.8. The average molecular weight is 204 g/mol. The van der Waals surface area contributed by atoms with Crippen LogP contribution in [0.4, 0.5) is 17.6 Å². The summed E-state index contributed by atoms with van der Waals surface area (Å²) in [5, 5.41) is 8.22. The van der Waals surface area contributed by atoms with Crippen LogP contribution in [0.3, 0.4) is 0 Å². The minimum Gasteiger partial charge on any atom is -0.249 e. The largest absolute Gasteiger partial charge is 0.436 e. The highest BCUT2D eigenvalue weighted by Crippen LogP contribution is 2.29. The van der Waals surface area contributed by atoms with Gasteiger partial charge in [-0.1, -0.05) is 0 Å². The van der Waals surface area contributed by atoms with E-state index in [2.05, 4.69) is 4.98 Å². The third-order valence-corrected chi connectivity index (χ3v) is 1.45. The Kier molecular flexibility index (Phi) is 2.70. The molecule has 0 unspecified atom stereocenters. The Morgan fingerprint density at radius 3 is 2.50 bits per heavy atom. The van der Waals surface area contributed by atoms with Crippen molar-refractivity contribution in [3.63, 3.8) is 0 Å². The van der Waals surface area contributed by atoms with Gasteiger partial charge in [-0.05, 0) is 11.6 Å². The van der Waals surface area contributed by atoms with Crippen LogP contribution >= 0.6 is 0 Å². The summed E-state index contributed by atoms with van der Waals surface area (Å²) in [7, 11) is 0. The summed E-state index contributed by atoms with van der Waals surface area (Å²) in [5.74, 6) is -1.45. The molecule has 2 nitrogen and oxygen atoms in total. The summed E-state index contributed by atoms with van der Waals surface area (Å²) in [6.45, 7) is 0. The van der Waals surface area contributed by atoms with Gasteiger partial charge in [-0.25, -0.2) is 9.37 Å². The molecule has 1 rings (SSSR count). The molecule has 0 aliphatic carbocycles. The van der Waals surface area contributed by atoms with Crippen LogP contribution in [0, 0.1) is 17.1 Å². The number of halogens is 4. The standard InChI is InChI=1S/C8H4F4N2/c9-6-3-5(1-2-13)4-14-7(6)8(10,11)12/h3-4H,1H2. The molecule has 0 radical (unpaired) electrons. The van der Waals surface area contributed by atoms with Crippen LogP contribution < -0.4 is 0 Å². The SMILES string of the molecule is N#CCc1cnc(C(F)(F)F)c(F)c1.